The first-order valence-corrected chi connectivity index (χ1v) is 8.21. The van der Waals surface area contributed by atoms with E-state index in [4.69, 9.17) is 9.68 Å². The third-order valence-electron chi connectivity index (χ3n) is 3.89. The topological polar surface area (TPSA) is 43.2 Å². The first-order chi connectivity index (χ1) is 10.9. The lowest BCUT2D eigenvalue weighted by atomic mass is 9.92. The molecular formula is C18H27N2O2P. The third kappa shape index (κ3) is 5.80. The molecule has 0 aliphatic heterocycles. The third-order valence-corrected chi connectivity index (χ3v) is 4.45. The smallest absolute Gasteiger partial charge is 0.142 e. The average molecular weight is 334 g/mol. The summed E-state index contributed by atoms with van der Waals surface area (Å²) >= 11 is 0. The largest absolute Gasteiger partial charge is 0.399 e. The first-order valence-electron chi connectivity index (χ1n) is 7.63. The van der Waals surface area contributed by atoms with Gasteiger partial charge in [-0.1, -0.05) is 52.6 Å². The van der Waals surface area contributed by atoms with Gasteiger partial charge in [0.2, 0.25) is 0 Å². The van der Waals surface area contributed by atoms with Crippen molar-refractivity contribution in [2.24, 2.45) is 16.2 Å². The molecule has 0 radical (unpaired) electrons. The monoisotopic (exact) mass is 334 g/mol. The highest BCUT2D eigenvalue weighted by molar-refractivity contribution is 7.27. The zero-order valence-electron chi connectivity index (χ0n) is 14.9. The summed E-state index contributed by atoms with van der Waals surface area (Å²) in [7, 11) is 4.25. The van der Waals surface area contributed by atoms with E-state index in [1.807, 2.05) is 31.2 Å². The van der Waals surface area contributed by atoms with Crippen LogP contribution in [0.4, 0.5) is 0 Å². The molecule has 0 amide bonds. The summed E-state index contributed by atoms with van der Waals surface area (Å²) in [5.41, 5.74) is 5.12. The summed E-state index contributed by atoms with van der Waals surface area (Å²) < 4.78 is 0. The SMILES string of the molecule is CO/N=C(\C(C)=N/OCc1ccccc1P)C(C)C(C)=C(C)C. The van der Waals surface area contributed by atoms with Gasteiger partial charge in [0, 0.05) is 5.92 Å². The normalized spacial score (nSPS) is 13.5. The fourth-order valence-electron chi connectivity index (χ4n) is 2.11. The number of hydrogen-bond donors (Lipinski definition) is 0. The quantitative estimate of drug-likeness (QED) is 0.326. The van der Waals surface area contributed by atoms with Crippen LogP contribution in [0.15, 0.2) is 45.7 Å². The van der Waals surface area contributed by atoms with E-state index in [9.17, 15) is 0 Å². The van der Waals surface area contributed by atoms with Crippen LogP contribution >= 0.6 is 9.24 Å². The van der Waals surface area contributed by atoms with E-state index < -0.39 is 0 Å². The Bertz CT molecular complexity index is 617. The minimum absolute atomic E-state index is 0.126. The zero-order chi connectivity index (χ0) is 17.4. The van der Waals surface area contributed by atoms with Gasteiger partial charge in [0.05, 0.1) is 0 Å². The summed E-state index contributed by atoms with van der Waals surface area (Å²) in [6, 6.07) is 8.03. The van der Waals surface area contributed by atoms with Crippen LogP contribution in [0, 0.1) is 5.92 Å². The van der Waals surface area contributed by atoms with Gasteiger partial charge in [0.15, 0.2) is 0 Å². The molecule has 4 nitrogen and oxygen atoms in total. The van der Waals surface area contributed by atoms with Crippen LogP contribution in [0.1, 0.15) is 40.2 Å². The summed E-state index contributed by atoms with van der Waals surface area (Å²) in [5.74, 6) is 0.126. The fourth-order valence-corrected chi connectivity index (χ4v) is 2.40. The highest BCUT2D eigenvalue weighted by Crippen LogP contribution is 2.17. The molecule has 0 bridgehead atoms. The molecule has 2 atom stereocenters. The van der Waals surface area contributed by atoms with E-state index >= 15 is 0 Å². The van der Waals surface area contributed by atoms with Gasteiger partial charge in [-0.25, -0.2) is 0 Å². The van der Waals surface area contributed by atoms with E-state index in [1.54, 1.807) is 7.11 Å². The lowest BCUT2D eigenvalue weighted by Crippen LogP contribution is -2.22. The van der Waals surface area contributed by atoms with Gasteiger partial charge in [-0.15, -0.1) is 9.24 Å². The second-order valence-corrected chi connectivity index (χ2v) is 6.33. The van der Waals surface area contributed by atoms with E-state index in [2.05, 4.69) is 47.2 Å². The lowest BCUT2D eigenvalue weighted by Gasteiger charge is -2.16. The molecule has 0 saturated heterocycles. The molecule has 0 aliphatic rings. The van der Waals surface area contributed by atoms with Crippen molar-refractivity contribution in [3.8, 4) is 0 Å². The van der Waals surface area contributed by atoms with Crippen molar-refractivity contribution in [2.45, 2.75) is 41.2 Å². The number of rotatable bonds is 7. The summed E-state index contributed by atoms with van der Waals surface area (Å²) in [6.45, 7) is 10.7. The van der Waals surface area contributed by atoms with Crippen LogP contribution in [0.5, 0.6) is 0 Å². The van der Waals surface area contributed by atoms with Crippen molar-refractivity contribution in [2.75, 3.05) is 7.11 Å². The van der Waals surface area contributed by atoms with Gasteiger partial charge >= 0.3 is 0 Å². The molecule has 0 aliphatic carbocycles. The number of allylic oxidation sites excluding steroid dienone is 2. The second-order valence-electron chi connectivity index (χ2n) is 5.71. The molecule has 2 unspecified atom stereocenters. The highest BCUT2D eigenvalue weighted by atomic mass is 31.0. The molecule has 0 N–H and O–H groups in total. The zero-order valence-corrected chi connectivity index (χ0v) is 16.0. The fraction of sp³-hybridized carbons (Fsp3) is 0.444. The average Bonchev–Trinajstić information content (AvgIpc) is 2.52. The van der Waals surface area contributed by atoms with E-state index in [1.165, 1.54) is 11.1 Å². The molecule has 5 heteroatoms. The van der Waals surface area contributed by atoms with Crippen LogP contribution in [0.3, 0.4) is 0 Å². The van der Waals surface area contributed by atoms with E-state index in [0.717, 1.165) is 22.3 Å². The van der Waals surface area contributed by atoms with Crippen LogP contribution < -0.4 is 5.30 Å². The maximum Gasteiger partial charge on any atom is 0.142 e. The van der Waals surface area contributed by atoms with Crippen LogP contribution in [0.2, 0.25) is 0 Å². The van der Waals surface area contributed by atoms with Crippen molar-refractivity contribution in [1.29, 1.82) is 0 Å². The molecule has 126 valence electrons. The molecule has 0 aromatic heterocycles. The molecule has 0 spiro atoms. The number of hydrogen-bond acceptors (Lipinski definition) is 4. The predicted octanol–water partition coefficient (Wildman–Crippen LogP) is 4.07. The van der Waals surface area contributed by atoms with Crippen molar-refractivity contribution in [3.05, 3.63) is 41.0 Å². The van der Waals surface area contributed by atoms with Gasteiger partial charge in [0.1, 0.15) is 25.1 Å². The first kappa shape index (κ1) is 19.4. The number of benzene rings is 1. The Morgan fingerprint density at radius 2 is 1.78 bits per heavy atom. The van der Waals surface area contributed by atoms with Gasteiger partial charge < -0.3 is 9.68 Å². The molecule has 0 saturated carbocycles. The maximum atomic E-state index is 5.50. The Labute approximate surface area is 141 Å². The Balaban J connectivity index is 2.86. The minimum Gasteiger partial charge on any atom is -0.399 e. The van der Waals surface area contributed by atoms with Crippen LogP contribution in [0.25, 0.3) is 0 Å². The standard InChI is InChI=1S/C18H27N2O2P/c1-12(2)13(3)14(4)18(20-21-6)15(5)19-22-11-16-9-7-8-10-17(16)23/h7-10,14H,11,23H2,1-6H3/b19-15-,20-18-. The van der Waals surface area contributed by atoms with Crippen molar-refractivity contribution in [3.63, 3.8) is 0 Å². The minimum atomic E-state index is 0.126. The highest BCUT2D eigenvalue weighted by Gasteiger charge is 2.18. The van der Waals surface area contributed by atoms with Gasteiger partial charge in [-0.05, 0) is 38.6 Å². The van der Waals surface area contributed by atoms with E-state index in [0.29, 0.717) is 6.61 Å². The van der Waals surface area contributed by atoms with Crippen molar-refractivity contribution in [1.82, 2.24) is 0 Å². The van der Waals surface area contributed by atoms with Gasteiger partial charge in [-0.2, -0.15) is 0 Å². The van der Waals surface area contributed by atoms with Crippen molar-refractivity contribution < 1.29 is 9.68 Å². The molecule has 0 fully saturated rings. The summed E-state index contributed by atoms with van der Waals surface area (Å²) in [5, 5.41) is 9.47. The summed E-state index contributed by atoms with van der Waals surface area (Å²) in [4.78, 5) is 10.5. The molecule has 1 aromatic carbocycles. The predicted molar refractivity (Wildman–Crippen MR) is 101 cm³/mol. The summed E-state index contributed by atoms with van der Waals surface area (Å²) in [6.07, 6.45) is 0. The Kier molecular flexibility index (Phi) is 7.97. The Morgan fingerprint density at radius 1 is 1.13 bits per heavy atom. The van der Waals surface area contributed by atoms with Gasteiger partial charge in [0.25, 0.3) is 0 Å². The lowest BCUT2D eigenvalue weighted by molar-refractivity contribution is 0.131. The Hall–Kier alpha value is -1.67. The second kappa shape index (κ2) is 9.46. The number of oxime groups is 2. The van der Waals surface area contributed by atoms with Gasteiger partial charge in [-0.3, -0.25) is 0 Å². The molecule has 23 heavy (non-hydrogen) atoms. The molecule has 1 aromatic rings. The van der Waals surface area contributed by atoms with Crippen LogP contribution in [-0.4, -0.2) is 18.5 Å². The molecular weight excluding hydrogens is 307 g/mol. The molecule has 1 rings (SSSR count). The molecule has 0 heterocycles. The Morgan fingerprint density at radius 3 is 2.35 bits per heavy atom. The number of nitrogens with zero attached hydrogens (tertiary/aromatic N) is 2. The van der Waals surface area contributed by atoms with Crippen molar-refractivity contribution >= 4 is 26.0 Å². The van der Waals surface area contributed by atoms with E-state index in [-0.39, 0.29) is 5.92 Å². The van der Waals surface area contributed by atoms with Crippen LogP contribution in [-0.2, 0) is 16.3 Å². The maximum absolute atomic E-state index is 5.50.